The fourth-order valence-electron chi connectivity index (χ4n) is 3.84. The molecule has 0 spiro atoms. The fraction of sp³-hybridized carbons (Fsp3) is 0.400. The van der Waals surface area contributed by atoms with Gasteiger partial charge in [0, 0.05) is 19.0 Å². The van der Waals surface area contributed by atoms with Gasteiger partial charge in [0.2, 0.25) is 0 Å². The Kier molecular flexibility index (Phi) is 4.51. The second kappa shape index (κ2) is 6.94. The van der Waals surface area contributed by atoms with Gasteiger partial charge in [-0.2, -0.15) is 5.10 Å². The number of benzene rings is 2. The number of fused-ring (bicyclic) bond motifs is 1. The molecule has 0 aliphatic carbocycles. The number of aliphatic hydroxyl groups is 1. The highest BCUT2D eigenvalue weighted by Gasteiger charge is 2.29. The van der Waals surface area contributed by atoms with Crippen LogP contribution in [0.15, 0.2) is 48.8 Å². The van der Waals surface area contributed by atoms with Gasteiger partial charge >= 0.3 is 0 Å². The number of nitrogens with zero attached hydrogens (tertiary/aromatic N) is 4. The molecule has 1 N–H and O–H groups in total. The summed E-state index contributed by atoms with van der Waals surface area (Å²) in [5.41, 5.74) is 1.24. The summed E-state index contributed by atoms with van der Waals surface area (Å²) in [6.45, 7) is 5.28. The molecule has 1 aliphatic rings. The van der Waals surface area contributed by atoms with E-state index in [1.807, 2.05) is 4.68 Å². The van der Waals surface area contributed by atoms with E-state index in [4.69, 9.17) is 0 Å². The van der Waals surface area contributed by atoms with Gasteiger partial charge in [0.25, 0.3) is 0 Å². The lowest BCUT2D eigenvalue weighted by Crippen LogP contribution is -2.42. The number of hydrogen-bond donors (Lipinski definition) is 1. The Morgan fingerprint density at radius 3 is 2.80 bits per heavy atom. The first kappa shape index (κ1) is 16.2. The van der Waals surface area contributed by atoms with Crippen LogP contribution in [0.5, 0.6) is 0 Å². The minimum Gasteiger partial charge on any atom is -0.391 e. The first-order valence-electron chi connectivity index (χ1n) is 9.00. The topological polar surface area (TPSA) is 54.2 Å². The lowest BCUT2D eigenvalue weighted by molar-refractivity contribution is 0.0459. The fourth-order valence-corrected chi connectivity index (χ4v) is 3.84. The Morgan fingerprint density at radius 2 is 2.00 bits per heavy atom. The van der Waals surface area contributed by atoms with E-state index in [9.17, 15) is 5.11 Å². The second-order valence-electron chi connectivity index (χ2n) is 6.80. The highest BCUT2D eigenvalue weighted by molar-refractivity contribution is 5.83. The van der Waals surface area contributed by atoms with Crippen LogP contribution in [-0.4, -0.2) is 44.0 Å². The van der Waals surface area contributed by atoms with Crippen LogP contribution >= 0.6 is 0 Å². The molecule has 5 nitrogen and oxygen atoms in total. The van der Waals surface area contributed by atoms with Crippen LogP contribution in [0, 0.1) is 0 Å². The molecule has 2 atom stereocenters. The number of aryl methyl sites for hydroxylation is 1. The van der Waals surface area contributed by atoms with Gasteiger partial charge in [-0.25, -0.2) is 9.67 Å². The minimum atomic E-state index is -0.354. The summed E-state index contributed by atoms with van der Waals surface area (Å²) in [6.07, 6.45) is 2.21. The van der Waals surface area contributed by atoms with Crippen LogP contribution < -0.4 is 0 Å². The van der Waals surface area contributed by atoms with Crippen molar-refractivity contribution in [2.24, 2.45) is 0 Å². The standard InChI is InChI=1S/C20H24N4O/c1-2-24-20(21-14-22-24)13-23-10-9-18(19(25)12-23)17-8-7-15-5-3-4-6-16(15)11-17/h3-8,11,14,18-19,25H,2,9-10,12-13H2,1H3/t18-,19+/m1/s1. The molecule has 0 unspecified atom stereocenters. The summed E-state index contributed by atoms with van der Waals surface area (Å²) >= 11 is 0. The SMILES string of the molecule is CCn1ncnc1CN1CC[C@H](c2ccc3ccccc3c2)[C@@H](O)C1. The second-order valence-corrected chi connectivity index (χ2v) is 6.80. The number of aliphatic hydroxyl groups excluding tert-OH is 1. The summed E-state index contributed by atoms with van der Waals surface area (Å²) in [5.74, 6) is 1.17. The molecule has 1 saturated heterocycles. The third-order valence-electron chi connectivity index (χ3n) is 5.23. The number of piperidine rings is 1. The molecule has 2 aromatic carbocycles. The highest BCUT2D eigenvalue weighted by Crippen LogP contribution is 2.31. The molecule has 1 fully saturated rings. The predicted octanol–water partition coefficient (Wildman–Crippen LogP) is 2.80. The van der Waals surface area contributed by atoms with E-state index in [0.717, 1.165) is 31.9 Å². The molecule has 0 radical (unpaired) electrons. The van der Waals surface area contributed by atoms with Gasteiger partial charge in [0.1, 0.15) is 12.2 Å². The third kappa shape index (κ3) is 3.30. The Labute approximate surface area is 147 Å². The average molecular weight is 336 g/mol. The van der Waals surface area contributed by atoms with Crippen molar-refractivity contribution in [2.45, 2.75) is 38.5 Å². The van der Waals surface area contributed by atoms with Crippen molar-refractivity contribution in [1.29, 1.82) is 0 Å². The van der Waals surface area contributed by atoms with Gasteiger partial charge < -0.3 is 5.11 Å². The van der Waals surface area contributed by atoms with Crippen molar-refractivity contribution in [1.82, 2.24) is 19.7 Å². The van der Waals surface area contributed by atoms with Crippen LogP contribution in [0.1, 0.15) is 30.7 Å². The van der Waals surface area contributed by atoms with E-state index in [2.05, 4.69) is 64.4 Å². The summed E-state index contributed by atoms with van der Waals surface area (Å²) in [4.78, 5) is 6.62. The van der Waals surface area contributed by atoms with E-state index in [0.29, 0.717) is 6.54 Å². The van der Waals surface area contributed by atoms with Crippen LogP contribution in [0.2, 0.25) is 0 Å². The Morgan fingerprint density at radius 1 is 1.16 bits per heavy atom. The molecule has 4 rings (SSSR count). The molecular weight excluding hydrogens is 312 g/mol. The lowest BCUT2D eigenvalue weighted by atomic mass is 9.86. The molecule has 25 heavy (non-hydrogen) atoms. The number of β-amino-alcohol motifs (C(OH)–C–C–N with tert-alkyl or cyclic N) is 1. The van der Waals surface area contributed by atoms with Gasteiger partial charge in [-0.3, -0.25) is 4.90 Å². The molecule has 0 saturated carbocycles. The summed E-state index contributed by atoms with van der Waals surface area (Å²) < 4.78 is 1.92. The molecule has 1 aromatic heterocycles. The smallest absolute Gasteiger partial charge is 0.140 e. The molecule has 5 heteroatoms. The first-order chi connectivity index (χ1) is 12.2. The number of hydrogen-bond acceptors (Lipinski definition) is 4. The maximum atomic E-state index is 10.7. The number of aromatic nitrogens is 3. The minimum absolute atomic E-state index is 0.199. The average Bonchev–Trinajstić information content (AvgIpc) is 3.08. The van der Waals surface area contributed by atoms with Crippen molar-refractivity contribution < 1.29 is 5.11 Å². The molecule has 3 aromatic rings. The van der Waals surface area contributed by atoms with Crippen molar-refractivity contribution in [3.63, 3.8) is 0 Å². The zero-order valence-corrected chi connectivity index (χ0v) is 14.5. The largest absolute Gasteiger partial charge is 0.391 e. The summed E-state index contributed by atoms with van der Waals surface area (Å²) in [6, 6.07) is 14.9. The number of likely N-dealkylation sites (tertiary alicyclic amines) is 1. The Hall–Kier alpha value is -2.24. The van der Waals surface area contributed by atoms with Gasteiger partial charge in [-0.1, -0.05) is 42.5 Å². The van der Waals surface area contributed by atoms with Gasteiger partial charge in [-0.05, 0) is 36.2 Å². The van der Waals surface area contributed by atoms with E-state index < -0.39 is 0 Å². The molecular formula is C20H24N4O. The van der Waals surface area contributed by atoms with E-state index in [-0.39, 0.29) is 12.0 Å². The first-order valence-corrected chi connectivity index (χ1v) is 9.00. The van der Waals surface area contributed by atoms with Crippen molar-refractivity contribution in [3.05, 3.63) is 60.2 Å². The van der Waals surface area contributed by atoms with Gasteiger partial charge in [0.05, 0.1) is 12.6 Å². The predicted molar refractivity (Wildman–Crippen MR) is 98.3 cm³/mol. The third-order valence-corrected chi connectivity index (χ3v) is 5.23. The maximum Gasteiger partial charge on any atom is 0.140 e. The molecule has 130 valence electrons. The molecule has 2 heterocycles. The quantitative estimate of drug-likeness (QED) is 0.796. The van der Waals surface area contributed by atoms with Crippen molar-refractivity contribution in [2.75, 3.05) is 13.1 Å². The molecule has 0 bridgehead atoms. The Bertz CT molecular complexity index is 860. The lowest BCUT2D eigenvalue weighted by Gasteiger charge is -2.36. The normalized spacial score (nSPS) is 21.7. The van der Waals surface area contributed by atoms with Crippen LogP contribution in [0.4, 0.5) is 0 Å². The van der Waals surface area contributed by atoms with Crippen LogP contribution in [-0.2, 0) is 13.1 Å². The zero-order chi connectivity index (χ0) is 17.2. The molecule has 0 amide bonds. The van der Waals surface area contributed by atoms with Gasteiger partial charge in [0.15, 0.2) is 0 Å². The summed E-state index contributed by atoms with van der Waals surface area (Å²) in [5, 5.41) is 17.5. The number of rotatable bonds is 4. The van der Waals surface area contributed by atoms with Crippen molar-refractivity contribution in [3.8, 4) is 0 Å². The van der Waals surface area contributed by atoms with Crippen LogP contribution in [0.3, 0.4) is 0 Å². The van der Waals surface area contributed by atoms with E-state index in [1.165, 1.54) is 16.3 Å². The zero-order valence-electron chi connectivity index (χ0n) is 14.5. The van der Waals surface area contributed by atoms with E-state index >= 15 is 0 Å². The van der Waals surface area contributed by atoms with Crippen LogP contribution in [0.25, 0.3) is 10.8 Å². The monoisotopic (exact) mass is 336 g/mol. The highest BCUT2D eigenvalue weighted by atomic mass is 16.3. The van der Waals surface area contributed by atoms with E-state index in [1.54, 1.807) is 6.33 Å². The van der Waals surface area contributed by atoms with Gasteiger partial charge in [-0.15, -0.1) is 0 Å². The molecule has 1 aliphatic heterocycles. The Balaban J connectivity index is 1.47. The van der Waals surface area contributed by atoms with Crippen molar-refractivity contribution >= 4 is 10.8 Å². The maximum absolute atomic E-state index is 10.7. The summed E-state index contributed by atoms with van der Waals surface area (Å²) in [7, 11) is 0.